The summed E-state index contributed by atoms with van der Waals surface area (Å²) >= 11 is 0. The molecule has 1 aromatic carbocycles. The van der Waals surface area contributed by atoms with Crippen molar-refractivity contribution in [3.63, 3.8) is 0 Å². The van der Waals surface area contributed by atoms with Gasteiger partial charge in [0.1, 0.15) is 5.82 Å². The van der Waals surface area contributed by atoms with E-state index in [4.69, 9.17) is 5.73 Å². The molecule has 0 aliphatic rings. The number of nitrogens with one attached hydrogen (secondary N) is 1. The molecule has 0 fully saturated rings. The summed E-state index contributed by atoms with van der Waals surface area (Å²) in [6.07, 6.45) is 0. The first-order chi connectivity index (χ1) is 8.12. The number of carbonyl (C=O) groups excluding carboxylic acids is 1. The summed E-state index contributed by atoms with van der Waals surface area (Å²) in [6.45, 7) is 5.17. The molecule has 100 valence electrons. The molecule has 0 unspecified atom stereocenters. The van der Waals surface area contributed by atoms with E-state index in [0.29, 0.717) is 12.1 Å². The van der Waals surface area contributed by atoms with Crippen LogP contribution in [0.5, 0.6) is 0 Å². The van der Waals surface area contributed by atoms with Crippen LogP contribution in [0.4, 0.5) is 18.9 Å². The molecule has 3 N–H and O–H groups in total. The topological polar surface area (TPSA) is 55.1 Å². The Balaban J connectivity index is 2.96. The Bertz CT molecular complexity index is 469. The van der Waals surface area contributed by atoms with Crippen LogP contribution < -0.4 is 11.1 Å². The van der Waals surface area contributed by atoms with Crippen LogP contribution in [0.3, 0.4) is 0 Å². The Morgan fingerprint density at radius 3 is 2.33 bits per heavy atom. The van der Waals surface area contributed by atoms with Crippen molar-refractivity contribution in [3.8, 4) is 0 Å². The SMILES string of the molecule is CC(C)(C)[C@H](N)C(=O)Nc1cc(F)cc(F)c1F. The lowest BCUT2D eigenvalue weighted by molar-refractivity contribution is -0.119. The zero-order valence-corrected chi connectivity index (χ0v) is 10.4. The molecule has 0 aliphatic heterocycles. The van der Waals surface area contributed by atoms with E-state index in [2.05, 4.69) is 5.32 Å². The number of halogens is 3. The van der Waals surface area contributed by atoms with Crippen LogP contribution in [-0.2, 0) is 4.79 Å². The number of nitrogens with two attached hydrogens (primary N) is 1. The third kappa shape index (κ3) is 3.22. The Morgan fingerprint density at radius 1 is 1.28 bits per heavy atom. The first-order valence-electron chi connectivity index (χ1n) is 5.34. The lowest BCUT2D eigenvalue weighted by Crippen LogP contribution is -2.45. The standard InChI is InChI=1S/C12H15F3N2O/c1-12(2,3)10(16)11(18)17-8-5-6(13)4-7(14)9(8)15/h4-5,10H,16H2,1-3H3,(H,17,18)/t10-/m1/s1. The van der Waals surface area contributed by atoms with Crippen LogP contribution in [0.1, 0.15) is 20.8 Å². The van der Waals surface area contributed by atoms with Crippen molar-refractivity contribution in [3.05, 3.63) is 29.6 Å². The van der Waals surface area contributed by atoms with Gasteiger partial charge in [-0.1, -0.05) is 20.8 Å². The summed E-state index contributed by atoms with van der Waals surface area (Å²) in [4.78, 5) is 11.7. The number of benzene rings is 1. The minimum absolute atomic E-state index is 0.397. The second-order valence-corrected chi connectivity index (χ2v) is 5.08. The van der Waals surface area contributed by atoms with Crippen molar-refractivity contribution in [1.29, 1.82) is 0 Å². The molecular formula is C12H15F3N2O. The van der Waals surface area contributed by atoms with Crippen molar-refractivity contribution in [2.24, 2.45) is 11.1 Å². The summed E-state index contributed by atoms with van der Waals surface area (Å²) < 4.78 is 39.1. The van der Waals surface area contributed by atoms with E-state index >= 15 is 0 Å². The van der Waals surface area contributed by atoms with Gasteiger partial charge in [-0.05, 0) is 5.41 Å². The number of amides is 1. The lowest BCUT2D eigenvalue weighted by Gasteiger charge is -2.25. The summed E-state index contributed by atoms with van der Waals surface area (Å²) in [7, 11) is 0. The molecule has 0 spiro atoms. The van der Waals surface area contributed by atoms with Crippen LogP contribution in [0.25, 0.3) is 0 Å². The van der Waals surface area contributed by atoms with Gasteiger partial charge < -0.3 is 11.1 Å². The Hall–Kier alpha value is -1.56. The fraction of sp³-hybridized carbons (Fsp3) is 0.417. The van der Waals surface area contributed by atoms with Gasteiger partial charge >= 0.3 is 0 Å². The van der Waals surface area contributed by atoms with E-state index in [1.54, 1.807) is 20.8 Å². The van der Waals surface area contributed by atoms with Gasteiger partial charge in [0.15, 0.2) is 11.6 Å². The van der Waals surface area contributed by atoms with Crippen molar-refractivity contribution >= 4 is 11.6 Å². The van der Waals surface area contributed by atoms with Gasteiger partial charge in [-0.25, -0.2) is 13.2 Å². The second kappa shape index (κ2) is 4.97. The van der Waals surface area contributed by atoms with Crippen molar-refractivity contribution in [2.75, 3.05) is 5.32 Å². The van der Waals surface area contributed by atoms with E-state index in [9.17, 15) is 18.0 Å². The number of anilines is 1. The normalized spacial score (nSPS) is 13.3. The first-order valence-corrected chi connectivity index (χ1v) is 5.34. The van der Waals surface area contributed by atoms with Crippen LogP contribution in [0.2, 0.25) is 0 Å². The van der Waals surface area contributed by atoms with Crippen LogP contribution in [0, 0.1) is 22.9 Å². The maximum Gasteiger partial charge on any atom is 0.241 e. The van der Waals surface area contributed by atoms with Gasteiger partial charge in [0.2, 0.25) is 5.91 Å². The second-order valence-electron chi connectivity index (χ2n) is 5.08. The Morgan fingerprint density at radius 2 is 1.83 bits per heavy atom. The molecule has 6 heteroatoms. The zero-order chi connectivity index (χ0) is 14.1. The maximum atomic E-state index is 13.3. The molecule has 0 aliphatic carbocycles. The van der Waals surface area contributed by atoms with Gasteiger partial charge in [0, 0.05) is 12.1 Å². The van der Waals surface area contributed by atoms with Crippen molar-refractivity contribution in [1.82, 2.24) is 0 Å². The molecule has 0 heterocycles. The fourth-order valence-electron chi connectivity index (χ4n) is 1.25. The largest absolute Gasteiger partial charge is 0.322 e. The molecule has 0 saturated heterocycles. The molecule has 3 nitrogen and oxygen atoms in total. The molecule has 0 bridgehead atoms. The van der Waals surface area contributed by atoms with Gasteiger partial charge in [0.25, 0.3) is 0 Å². The third-order valence-corrected chi connectivity index (χ3v) is 2.47. The Labute approximate surface area is 103 Å². The fourth-order valence-corrected chi connectivity index (χ4v) is 1.25. The zero-order valence-electron chi connectivity index (χ0n) is 10.4. The molecule has 0 aromatic heterocycles. The van der Waals surface area contributed by atoms with Crippen LogP contribution in [-0.4, -0.2) is 11.9 Å². The van der Waals surface area contributed by atoms with E-state index in [-0.39, 0.29) is 0 Å². The molecule has 0 saturated carbocycles. The molecule has 1 amide bonds. The van der Waals surface area contributed by atoms with E-state index < -0.39 is 40.5 Å². The molecule has 18 heavy (non-hydrogen) atoms. The predicted octanol–water partition coefficient (Wildman–Crippen LogP) is 2.42. The first kappa shape index (κ1) is 14.5. The van der Waals surface area contributed by atoms with Gasteiger partial charge in [-0.15, -0.1) is 0 Å². The highest BCUT2D eigenvalue weighted by Crippen LogP contribution is 2.22. The summed E-state index contributed by atoms with van der Waals surface area (Å²) in [5.41, 5.74) is 4.54. The highest BCUT2D eigenvalue weighted by atomic mass is 19.2. The predicted molar refractivity (Wildman–Crippen MR) is 62.4 cm³/mol. The highest BCUT2D eigenvalue weighted by Gasteiger charge is 2.28. The van der Waals surface area contributed by atoms with Crippen LogP contribution >= 0.6 is 0 Å². The molecule has 1 rings (SSSR count). The van der Waals surface area contributed by atoms with E-state index in [1.165, 1.54) is 0 Å². The number of carbonyl (C=O) groups is 1. The number of hydrogen-bond donors (Lipinski definition) is 2. The van der Waals surface area contributed by atoms with Crippen molar-refractivity contribution in [2.45, 2.75) is 26.8 Å². The number of rotatable bonds is 2. The van der Waals surface area contributed by atoms with E-state index in [0.717, 1.165) is 0 Å². The molecule has 1 aromatic rings. The minimum atomic E-state index is -1.37. The monoisotopic (exact) mass is 260 g/mol. The molecule has 0 radical (unpaired) electrons. The van der Waals surface area contributed by atoms with E-state index in [1.807, 2.05) is 0 Å². The maximum absolute atomic E-state index is 13.3. The Kier molecular flexibility index (Phi) is 4.01. The van der Waals surface area contributed by atoms with Crippen LogP contribution in [0.15, 0.2) is 12.1 Å². The van der Waals surface area contributed by atoms with Gasteiger partial charge in [-0.3, -0.25) is 4.79 Å². The smallest absolute Gasteiger partial charge is 0.241 e. The van der Waals surface area contributed by atoms with Gasteiger partial charge in [-0.2, -0.15) is 0 Å². The molecular weight excluding hydrogens is 245 g/mol. The lowest BCUT2D eigenvalue weighted by atomic mass is 9.87. The van der Waals surface area contributed by atoms with Gasteiger partial charge in [0.05, 0.1) is 11.7 Å². The third-order valence-electron chi connectivity index (χ3n) is 2.47. The average molecular weight is 260 g/mol. The summed E-state index contributed by atoms with van der Waals surface area (Å²) in [5.74, 6) is -4.36. The summed E-state index contributed by atoms with van der Waals surface area (Å²) in [6, 6.07) is 0.170. The summed E-state index contributed by atoms with van der Waals surface area (Å²) in [5, 5.41) is 2.08. The minimum Gasteiger partial charge on any atom is -0.322 e. The number of hydrogen-bond acceptors (Lipinski definition) is 2. The highest BCUT2D eigenvalue weighted by molar-refractivity contribution is 5.95. The quantitative estimate of drug-likeness (QED) is 0.802. The van der Waals surface area contributed by atoms with Crippen molar-refractivity contribution < 1.29 is 18.0 Å². The molecule has 1 atom stereocenters. The average Bonchev–Trinajstić information content (AvgIpc) is 2.22.